The van der Waals surface area contributed by atoms with Crippen LogP contribution in [0.1, 0.15) is 70.3 Å². The Balaban J connectivity index is 2.13. The minimum absolute atomic E-state index is 0.146. The largest absolute Gasteiger partial charge is 0.387 e. The highest BCUT2D eigenvalue weighted by molar-refractivity contribution is 7.86. The Labute approximate surface area is 190 Å². The quantitative estimate of drug-likeness (QED) is 0.113. The van der Waals surface area contributed by atoms with E-state index in [9.17, 15) is 8.42 Å². The molecule has 0 saturated heterocycles. The molecule has 0 aromatic heterocycles. The van der Waals surface area contributed by atoms with E-state index < -0.39 is 10.1 Å². The Morgan fingerprint density at radius 2 is 1.23 bits per heavy atom. The summed E-state index contributed by atoms with van der Waals surface area (Å²) in [5.41, 5.74) is 0.997. The van der Waals surface area contributed by atoms with Crippen LogP contribution < -0.4 is 0 Å². The Morgan fingerprint density at radius 1 is 0.710 bits per heavy atom. The van der Waals surface area contributed by atoms with Gasteiger partial charge in [0.25, 0.3) is 0 Å². The third kappa shape index (κ3) is 14.3. The van der Waals surface area contributed by atoms with Gasteiger partial charge in [0.15, 0.2) is 0 Å². The maximum atomic E-state index is 12.0. The molecule has 0 aliphatic heterocycles. The highest BCUT2D eigenvalue weighted by Crippen LogP contribution is 2.13. The van der Waals surface area contributed by atoms with Crippen molar-refractivity contribution < 1.29 is 12.6 Å². The van der Waals surface area contributed by atoms with E-state index in [1.165, 1.54) is 69.8 Å². The Morgan fingerprint density at radius 3 is 1.84 bits per heavy atom. The molecule has 1 aromatic carbocycles. The minimum atomic E-state index is -3.76. The summed E-state index contributed by atoms with van der Waals surface area (Å²) in [6.07, 6.45) is 30.3. The van der Waals surface area contributed by atoms with Crippen molar-refractivity contribution in [2.75, 3.05) is 0 Å². The normalized spacial score (nSPS) is 13.0. The lowest BCUT2D eigenvalue weighted by molar-refractivity contribution is 0.443. The summed E-state index contributed by atoms with van der Waals surface area (Å²) in [6, 6.07) is 6.55. The zero-order chi connectivity index (χ0) is 22.6. The first kappa shape index (κ1) is 26.7. The van der Waals surface area contributed by atoms with E-state index in [-0.39, 0.29) is 4.90 Å². The first-order valence-electron chi connectivity index (χ1n) is 11.4. The molecule has 0 bridgehead atoms. The van der Waals surface area contributed by atoms with Crippen LogP contribution in [0.2, 0.25) is 0 Å². The maximum absolute atomic E-state index is 12.0. The zero-order valence-corrected chi connectivity index (χ0v) is 19.9. The van der Waals surface area contributed by atoms with Crippen LogP contribution in [-0.2, 0) is 14.3 Å². The van der Waals surface area contributed by atoms with E-state index in [4.69, 9.17) is 4.18 Å². The standard InChI is InChI=1S/C27H38O3S/c1-3-4-5-6-7-8-9-10-11-12-13-14-15-16-17-18-19-20-25-30-31(28,29)27-23-21-26(2)22-24-27/h12-25H,3-11H2,1-2H3/b13-12-,15-14-,17-16-,19-18-,25-20-. The first-order valence-corrected chi connectivity index (χ1v) is 12.8. The van der Waals surface area contributed by atoms with E-state index in [0.717, 1.165) is 12.0 Å². The molecule has 31 heavy (non-hydrogen) atoms. The van der Waals surface area contributed by atoms with Crippen LogP contribution in [0, 0.1) is 6.92 Å². The summed E-state index contributed by atoms with van der Waals surface area (Å²) in [5, 5.41) is 0. The van der Waals surface area contributed by atoms with Gasteiger partial charge in [0.1, 0.15) is 11.2 Å². The molecule has 0 N–H and O–H groups in total. The third-order valence-electron chi connectivity index (χ3n) is 4.71. The molecule has 0 fully saturated rings. The van der Waals surface area contributed by atoms with E-state index >= 15 is 0 Å². The van der Waals surface area contributed by atoms with Crippen molar-refractivity contribution in [2.45, 2.75) is 76.5 Å². The van der Waals surface area contributed by atoms with Crippen LogP contribution in [0.3, 0.4) is 0 Å². The fourth-order valence-electron chi connectivity index (χ4n) is 2.87. The average molecular weight is 443 g/mol. The molecule has 1 rings (SSSR count). The van der Waals surface area contributed by atoms with Crippen molar-refractivity contribution in [3.63, 3.8) is 0 Å². The lowest BCUT2D eigenvalue weighted by Gasteiger charge is -2.02. The molecule has 0 aliphatic rings. The molecule has 170 valence electrons. The lowest BCUT2D eigenvalue weighted by Crippen LogP contribution is -2.01. The van der Waals surface area contributed by atoms with Gasteiger partial charge in [0.05, 0.1) is 0 Å². The molecule has 3 nitrogen and oxygen atoms in total. The fourth-order valence-corrected chi connectivity index (χ4v) is 3.66. The summed E-state index contributed by atoms with van der Waals surface area (Å²) in [7, 11) is -3.76. The predicted octanol–water partition coefficient (Wildman–Crippen LogP) is 7.97. The highest BCUT2D eigenvalue weighted by Gasteiger charge is 2.12. The third-order valence-corrected chi connectivity index (χ3v) is 5.92. The molecular weight excluding hydrogens is 404 g/mol. The SMILES string of the molecule is CCCCCCCCCC\C=C/C=C\C=C/C=C\C=C/OS(=O)(=O)c1ccc(C)cc1. The van der Waals surface area contributed by atoms with E-state index in [2.05, 4.69) is 19.1 Å². The second-order valence-corrected chi connectivity index (χ2v) is 9.11. The van der Waals surface area contributed by atoms with Crippen molar-refractivity contribution in [1.29, 1.82) is 0 Å². The van der Waals surface area contributed by atoms with Gasteiger partial charge in [-0.05, 0) is 38.0 Å². The van der Waals surface area contributed by atoms with Gasteiger partial charge in [-0.25, -0.2) is 0 Å². The molecule has 0 heterocycles. The van der Waals surface area contributed by atoms with Gasteiger partial charge in [-0.15, -0.1) is 0 Å². The van der Waals surface area contributed by atoms with E-state index in [0.29, 0.717) is 0 Å². The Kier molecular flexibility index (Phi) is 15.0. The monoisotopic (exact) mass is 442 g/mol. The van der Waals surface area contributed by atoms with E-state index in [1.807, 2.05) is 37.3 Å². The molecule has 4 heteroatoms. The smallest absolute Gasteiger partial charge is 0.338 e. The van der Waals surface area contributed by atoms with Crippen LogP contribution in [0.5, 0.6) is 0 Å². The van der Waals surface area contributed by atoms with Crippen molar-refractivity contribution >= 4 is 10.1 Å². The molecule has 0 amide bonds. The van der Waals surface area contributed by atoms with Crippen molar-refractivity contribution in [1.82, 2.24) is 0 Å². The summed E-state index contributed by atoms with van der Waals surface area (Å²) in [5.74, 6) is 0. The van der Waals surface area contributed by atoms with Gasteiger partial charge in [0.2, 0.25) is 0 Å². The van der Waals surface area contributed by atoms with Crippen LogP contribution in [0.15, 0.2) is 90.1 Å². The number of rotatable bonds is 16. The number of hydrogen-bond donors (Lipinski definition) is 0. The Hall–Kier alpha value is -2.33. The molecule has 0 atom stereocenters. The molecule has 0 unspecified atom stereocenters. The van der Waals surface area contributed by atoms with Crippen molar-refractivity contribution in [3.8, 4) is 0 Å². The van der Waals surface area contributed by atoms with Crippen LogP contribution in [-0.4, -0.2) is 8.42 Å². The second-order valence-electron chi connectivity index (χ2n) is 7.54. The van der Waals surface area contributed by atoms with E-state index in [1.54, 1.807) is 24.3 Å². The van der Waals surface area contributed by atoms with Crippen LogP contribution >= 0.6 is 0 Å². The van der Waals surface area contributed by atoms with Crippen molar-refractivity contribution in [3.05, 3.63) is 90.8 Å². The highest BCUT2D eigenvalue weighted by atomic mass is 32.2. The van der Waals surface area contributed by atoms with Gasteiger partial charge in [-0.3, -0.25) is 0 Å². The van der Waals surface area contributed by atoms with Gasteiger partial charge in [0, 0.05) is 0 Å². The molecule has 0 spiro atoms. The fraction of sp³-hybridized carbons (Fsp3) is 0.407. The number of hydrogen-bond acceptors (Lipinski definition) is 3. The molecule has 0 radical (unpaired) electrons. The molecule has 0 saturated carbocycles. The van der Waals surface area contributed by atoms with Gasteiger partial charge >= 0.3 is 10.1 Å². The summed E-state index contributed by atoms with van der Waals surface area (Å²) in [4.78, 5) is 0.146. The van der Waals surface area contributed by atoms with Gasteiger partial charge in [-0.2, -0.15) is 8.42 Å². The number of benzene rings is 1. The summed E-state index contributed by atoms with van der Waals surface area (Å²) < 4.78 is 28.9. The molecule has 1 aromatic rings. The lowest BCUT2D eigenvalue weighted by atomic mass is 10.1. The van der Waals surface area contributed by atoms with Crippen molar-refractivity contribution in [2.24, 2.45) is 0 Å². The minimum Gasteiger partial charge on any atom is -0.387 e. The second kappa shape index (κ2) is 17.4. The topological polar surface area (TPSA) is 43.4 Å². The zero-order valence-electron chi connectivity index (χ0n) is 19.1. The predicted molar refractivity (Wildman–Crippen MR) is 132 cm³/mol. The number of aryl methyl sites for hydroxylation is 1. The molecular formula is C27H38O3S. The summed E-state index contributed by atoms with van der Waals surface area (Å²) in [6.45, 7) is 4.16. The molecule has 0 aliphatic carbocycles. The number of unbranched alkanes of at least 4 members (excludes halogenated alkanes) is 8. The van der Waals surface area contributed by atoms with Gasteiger partial charge in [-0.1, -0.05) is 118 Å². The maximum Gasteiger partial charge on any atom is 0.338 e. The van der Waals surface area contributed by atoms with Crippen LogP contribution in [0.25, 0.3) is 0 Å². The first-order chi connectivity index (χ1) is 15.1. The van der Waals surface area contributed by atoms with Gasteiger partial charge < -0.3 is 4.18 Å². The summed E-state index contributed by atoms with van der Waals surface area (Å²) >= 11 is 0. The average Bonchev–Trinajstić information content (AvgIpc) is 2.75. The van der Waals surface area contributed by atoms with Crippen LogP contribution in [0.4, 0.5) is 0 Å². The Bertz CT molecular complexity index is 826. The number of allylic oxidation sites excluding steroid dienone is 9.